The van der Waals surface area contributed by atoms with E-state index in [-0.39, 0.29) is 0 Å². The smallest absolute Gasteiger partial charge is 0.222 e. The summed E-state index contributed by atoms with van der Waals surface area (Å²) >= 11 is 0. The number of nitrogens with zero attached hydrogens (tertiary/aromatic N) is 1. The zero-order chi connectivity index (χ0) is 12.8. The van der Waals surface area contributed by atoms with E-state index in [9.17, 15) is 4.79 Å². The Labute approximate surface area is 111 Å². The minimum Gasteiger partial charge on any atom is -0.343 e. The van der Waals surface area contributed by atoms with Crippen LogP contribution in [0.15, 0.2) is 12.7 Å². The van der Waals surface area contributed by atoms with E-state index in [2.05, 4.69) is 16.8 Å². The van der Waals surface area contributed by atoms with Crippen LogP contribution in [0.4, 0.5) is 0 Å². The average molecular weight is 250 g/mol. The molecule has 0 unspecified atom stereocenters. The van der Waals surface area contributed by atoms with Crippen LogP contribution in [0.2, 0.25) is 0 Å². The lowest BCUT2D eigenvalue weighted by atomic mass is 9.92. The van der Waals surface area contributed by atoms with Crippen LogP contribution in [0.5, 0.6) is 0 Å². The summed E-state index contributed by atoms with van der Waals surface area (Å²) in [5.41, 5.74) is 0. The van der Waals surface area contributed by atoms with Crippen LogP contribution in [0.3, 0.4) is 0 Å². The summed E-state index contributed by atoms with van der Waals surface area (Å²) in [6, 6.07) is 0. The minimum absolute atomic E-state index is 0.371. The van der Waals surface area contributed by atoms with Gasteiger partial charge in [-0.2, -0.15) is 0 Å². The van der Waals surface area contributed by atoms with Crippen molar-refractivity contribution in [2.75, 3.05) is 26.2 Å². The fourth-order valence-electron chi connectivity index (χ4n) is 3.04. The molecule has 2 saturated heterocycles. The van der Waals surface area contributed by atoms with Crippen molar-refractivity contribution in [3.63, 3.8) is 0 Å². The van der Waals surface area contributed by atoms with Crippen molar-refractivity contribution in [1.82, 2.24) is 10.2 Å². The molecule has 2 heterocycles. The highest BCUT2D eigenvalue weighted by molar-refractivity contribution is 5.76. The largest absolute Gasteiger partial charge is 0.343 e. The lowest BCUT2D eigenvalue weighted by Gasteiger charge is -2.31. The van der Waals surface area contributed by atoms with Crippen LogP contribution < -0.4 is 5.32 Å². The van der Waals surface area contributed by atoms with E-state index in [1.807, 2.05) is 6.08 Å². The first-order chi connectivity index (χ1) is 8.79. The standard InChI is InChI=1S/C15H26N2O/c1-2-13-7-11-17(12-8-13)15(18)4-3-14-5-9-16-10-6-14/h2,13-14,16H,1,3-12H2. The molecule has 2 fully saturated rings. The molecule has 3 heteroatoms. The predicted octanol–water partition coefficient (Wildman–Crippen LogP) is 2.19. The van der Waals surface area contributed by atoms with Gasteiger partial charge in [-0.15, -0.1) is 6.58 Å². The molecule has 1 N–H and O–H groups in total. The molecule has 2 aliphatic rings. The van der Waals surface area contributed by atoms with Crippen LogP contribution in [-0.2, 0) is 4.79 Å². The summed E-state index contributed by atoms with van der Waals surface area (Å²) in [6.07, 6.45) is 8.56. The SMILES string of the molecule is C=CC1CCN(C(=O)CCC2CCNCC2)CC1. The number of hydrogen-bond donors (Lipinski definition) is 1. The molecular weight excluding hydrogens is 224 g/mol. The molecule has 0 aliphatic carbocycles. The van der Waals surface area contributed by atoms with Gasteiger partial charge < -0.3 is 10.2 Å². The van der Waals surface area contributed by atoms with Gasteiger partial charge in [0.25, 0.3) is 0 Å². The first-order valence-corrected chi connectivity index (χ1v) is 7.40. The van der Waals surface area contributed by atoms with Gasteiger partial charge in [0.15, 0.2) is 0 Å². The molecule has 0 atom stereocenters. The Morgan fingerprint density at radius 2 is 1.89 bits per heavy atom. The maximum atomic E-state index is 12.1. The van der Waals surface area contributed by atoms with Gasteiger partial charge in [0.1, 0.15) is 0 Å². The van der Waals surface area contributed by atoms with Crippen molar-refractivity contribution in [2.45, 2.75) is 38.5 Å². The zero-order valence-electron chi connectivity index (χ0n) is 11.4. The molecule has 18 heavy (non-hydrogen) atoms. The summed E-state index contributed by atoms with van der Waals surface area (Å²) in [4.78, 5) is 14.2. The van der Waals surface area contributed by atoms with E-state index in [4.69, 9.17) is 0 Å². The maximum absolute atomic E-state index is 12.1. The van der Waals surface area contributed by atoms with Crippen molar-refractivity contribution in [3.05, 3.63) is 12.7 Å². The Morgan fingerprint density at radius 1 is 1.22 bits per heavy atom. The van der Waals surface area contributed by atoms with E-state index in [0.29, 0.717) is 11.8 Å². The highest BCUT2D eigenvalue weighted by Crippen LogP contribution is 2.21. The Morgan fingerprint density at radius 3 is 2.50 bits per heavy atom. The third-order valence-electron chi connectivity index (χ3n) is 4.45. The van der Waals surface area contributed by atoms with Crippen LogP contribution in [0.1, 0.15) is 38.5 Å². The lowest BCUT2D eigenvalue weighted by molar-refractivity contribution is -0.132. The van der Waals surface area contributed by atoms with Crippen molar-refractivity contribution < 1.29 is 4.79 Å². The second-order valence-electron chi connectivity index (χ2n) is 5.69. The molecule has 0 radical (unpaired) electrons. The lowest BCUT2D eigenvalue weighted by Crippen LogP contribution is -2.38. The molecule has 2 rings (SSSR count). The maximum Gasteiger partial charge on any atom is 0.222 e. The molecular formula is C15H26N2O. The molecule has 0 spiro atoms. The molecule has 1 amide bonds. The summed E-state index contributed by atoms with van der Waals surface area (Å²) in [7, 11) is 0. The number of rotatable bonds is 4. The van der Waals surface area contributed by atoms with E-state index in [1.54, 1.807) is 0 Å². The number of amides is 1. The number of allylic oxidation sites excluding steroid dienone is 1. The molecule has 0 aromatic carbocycles. The fraction of sp³-hybridized carbons (Fsp3) is 0.800. The van der Waals surface area contributed by atoms with Gasteiger partial charge in [0.05, 0.1) is 0 Å². The number of carbonyl (C=O) groups excluding carboxylic acids is 1. The number of nitrogens with one attached hydrogen (secondary N) is 1. The quantitative estimate of drug-likeness (QED) is 0.776. The van der Waals surface area contributed by atoms with E-state index in [1.165, 1.54) is 12.8 Å². The van der Waals surface area contributed by atoms with Gasteiger partial charge in [0.2, 0.25) is 5.91 Å². The first-order valence-electron chi connectivity index (χ1n) is 7.40. The Balaban J connectivity index is 1.66. The molecule has 3 nitrogen and oxygen atoms in total. The molecule has 0 bridgehead atoms. The van der Waals surface area contributed by atoms with Crippen LogP contribution in [0.25, 0.3) is 0 Å². The monoisotopic (exact) mass is 250 g/mol. The van der Waals surface area contributed by atoms with Crippen molar-refractivity contribution in [3.8, 4) is 0 Å². The van der Waals surface area contributed by atoms with E-state index >= 15 is 0 Å². The van der Waals surface area contributed by atoms with E-state index < -0.39 is 0 Å². The third-order valence-corrected chi connectivity index (χ3v) is 4.45. The summed E-state index contributed by atoms with van der Waals surface area (Å²) in [5.74, 6) is 1.76. The van der Waals surface area contributed by atoms with Gasteiger partial charge >= 0.3 is 0 Å². The molecule has 0 saturated carbocycles. The Bertz CT molecular complexity index is 276. The molecule has 102 valence electrons. The number of likely N-dealkylation sites (tertiary alicyclic amines) is 1. The van der Waals surface area contributed by atoms with E-state index in [0.717, 1.165) is 57.8 Å². The van der Waals surface area contributed by atoms with Crippen molar-refractivity contribution in [2.24, 2.45) is 11.8 Å². The van der Waals surface area contributed by atoms with Gasteiger partial charge in [0, 0.05) is 19.5 Å². The highest BCUT2D eigenvalue weighted by Gasteiger charge is 2.22. The number of piperidine rings is 2. The minimum atomic E-state index is 0.371. The van der Waals surface area contributed by atoms with Gasteiger partial charge in [-0.3, -0.25) is 4.79 Å². The Kier molecular flexibility index (Phi) is 5.24. The van der Waals surface area contributed by atoms with Gasteiger partial charge in [-0.05, 0) is 57.0 Å². The topological polar surface area (TPSA) is 32.3 Å². The van der Waals surface area contributed by atoms with Crippen molar-refractivity contribution in [1.29, 1.82) is 0 Å². The second-order valence-corrected chi connectivity index (χ2v) is 5.69. The van der Waals surface area contributed by atoms with Gasteiger partial charge in [-0.25, -0.2) is 0 Å². The van der Waals surface area contributed by atoms with Gasteiger partial charge in [-0.1, -0.05) is 6.08 Å². The summed E-state index contributed by atoms with van der Waals surface area (Å²) in [6.45, 7) is 7.96. The first kappa shape index (κ1) is 13.6. The Hall–Kier alpha value is -0.830. The van der Waals surface area contributed by atoms with Crippen LogP contribution >= 0.6 is 0 Å². The molecule has 2 aliphatic heterocycles. The number of carbonyl (C=O) groups is 1. The average Bonchev–Trinajstić information content (AvgIpc) is 2.46. The molecule has 0 aromatic rings. The normalized spacial score (nSPS) is 23.0. The fourth-order valence-corrected chi connectivity index (χ4v) is 3.04. The van der Waals surface area contributed by atoms with Crippen molar-refractivity contribution >= 4 is 5.91 Å². The summed E-state index contributed by atoms with van der Waals surface area (Å²) < 4.78 is 0. The number of hydrogen-bond acceptors (Lipinski definition) is 2. The predicted molar refractivity (Wildman–Crippen MR) is 74.3 cm³/mol. The highest BCUT2D eigenvalue weighted by atomic mass is 16.2. The zero-order valence-corrected chi connectivity index (χ0v) is 11.4. The third kappa shape index (κ3) is 3.84. The molecule has 0 aromatic heterocycles. The van der Waals surface area contributed by atoms with Crippen LogP contribution in [0, 0.1) is 11.8 Å². The summed E-state index contributed by atoms with van der Waals surface area (Å²) in [5, 5.41) is 3.37. The second kappa shape index (κ2) is 6.93. The van der Waals surface area contributed by atoms with Crippen LogP contribution in [-0.4, -0.2) is 37.0 Å².